The smallest absolute Gasteiger partial charge is 0.305 e. The van der Waals surface area contributed by atoms with Crippen molar-refractivity contribution in [2.45, 2.75) is 38.2 Å². The minimum atomic E-state index is -1.02. The van der Waals surface area contributed by atoms with Crippen LogP contribution >= 0.6 is 0 Å². The molecule has 0 saturated heterocycles. The molecule has 10 nitrogen and oxygen atoms in total. The molecule has 0 radical (unpaired) electrons. The van der Waals surface area contributed by atoms with Crippen LogP contribution in [0.3, 0.4) is 0 Å². The molecular formula is C13H25N5O5. The number of amides is 2. The van der Waals surface area contributed by atoms with Crippen LogP contribution in [0.15, 0.2) is 0 Å². The SMILES string of the molecule is N=C(N)NCCCCC(=O)NCC(O)CC(=O)NCCC(=O)O. The van der Waals surface area contributed by atoms with Gasteiger partial charge in [0, 0.05) is 26.1 Å². The standard InChI is InChI=1S/C13H25N5O5/c14-13(15)17-5-2-1-3-10(20)18-8-9(19)7-11(21)16-6-4-12(22)23/h9,19H,1-8H2,(H,16,21)(H,18,20)(H,22,23)(H4,14,15,17). The number of nitrogens with one attached hydrogen (secondary N) is 4. The van der Waals surface area contributed by atoms with Crippen LogP contribution in [0.2, 0.25) is 0 Å². The number of aliphatic hydroxyl groups is 1. The van der Waals surface area contributed by atoms with Crippen LogP contribution in [0.25, 0.3) is 0 Å². The summed E-state index contributed by atoms with van der Waals surface area (Å²) in [7, 11) is 0. The minimum absolute atomic E-state index is 0.00153. The van der Waals surface area contributed by atoms with Gasteiger partial charge < -0.3 is 31.9 Å². The van der Waals surface area contributed by atoms with Crippen molar-refractivity contribution in [3.05, 3.63) is 0 Å². The van der Waals surface area contributed by atoms with Crippen LogP contribution in [0.4, 0.5) is 0 Å². The summed E-state index contributed by atoms with van der Waals surface area (Å²) < 4.78 is 0. The van der Waals surface area contributed by atoms with Crippen LogP contribution in [0.5, 0.6) is 0 Å². The van der Waals surface area contributed by atoms with Gasteiger partial charge in [-0.05, 0) is 12.8 Å². The first-order valence-electron chi connectivity index (χ1n) is 7.32. The Labute approximate surface area is 134 Å². The van der Waals surface area contributed by atoms with Crippen molar-refractivity contribution in [3.63, 3.8) is 0 Å². The van der Waals surface area contributed by atoms with E-state index in [1.807, 2.05) is 0 Å². The van der Waals surface area contributed by atoms with E-state index in [2.05, 4.69) is 16.0 Å². The fourth-order valence-corrected chi connectivity index (χ4v) is 1.62. The van der Waals surface area contributed by atoms with Gasteiger partial charge in [0.2, 0.25) is 11.8 Å². The molecule has 0 aliphatic heterocycles. The van der Waals surface area contributed by atoms with E-state index in [-0.39, 0.29) is 44.2 Å². The first-order valence-corrected chi connectivity index (χ1v) is 7.32. The average molecular weight is 331 g/mol. The summed E-state index contributed by atoms with van der Waals surface area (Å²) in [6.45, 7) is 0.472. The highest BCUT2D eigenvalue weighted by atomic mass is 16.4. The van der Waals surface area contributed by atoms with Gasteiger partial charge in [0.25, 0.3) is 0 Å². The molecule has 0 bridgehead atoms. The Balaban J connectivity index is 3.64. The van der Waals surface area contributed by atoms with Crippen molar-refractivity contribution in [3.8, 4) is 0 Å². The van der Waals surface area contributed by atoms with Crippen molar-refractivity contribution >= 4 is 23.7 Å². The first kappa shape index (κ1) is 20.6. The molecule has 1 unspecified atom stereocenters. The van der Waals surface area contributed by atoms with E-state index in [9.17, 15) is 19.5 Å². The Morgan fingerprint density at radius 3 is 2.30 bits per heavy atom. The van der Waals surface area contributed by atoms with Crippen molar-refractivity contribution in [2.75, 3.05) is 19.6 Å². The maximum Gasteiger partial charge on any atom is 0.305 e. The fourth-order valence-electron chi connectivity index (χ4n) is 1.62. The van der Waals surface area contributed by atoms with Crippen LogP contribution in [-0.2, 0) is 14.4 Å². The third kappa shape index (κ3) is 14.3. The lowest BCUT2D eigenvalue weighted by molar-refractivity contribution is -0.137. The van der Waals surface area contributed by atoms with Gasteiger partial charge in [-0.1, -0.05) is 0 Å². The molecule has 0 aromatic carbocycles. The second kappa shape index (κ2) is 12.2. The summed E-state index contributed by atoms with van der Waals surface area (Å²) >= 11 is 0. The number of unbranched alkanes of at least 4 members (excludes halogenated alkanes) is 1. The summed E-state index contributed by atoms with van der Waals surface area (Å²) in [5.74, 6) is -1.84. The van der Waals surface area contributed by atoms with Gasteiger partial charge in [-0.3, -0.25) is 19.8 Å². The lowest BCUT2D eigenvalue weighted by Gasteiger charge is -2.12. The van der Waals surface area contributed by atoms with Crippen molar-refractivity contribution in [1.82, 2.24) is 16.0 Å². The highest BCUT2D eigenvalue weighted by molar-refractivity contribution is 5.78. The highest BCUT2D eigenvalue weighted by Crippen LogP contribution is 1.95. The second-order valence-corrected chi connectivity index (χ2v) is 4.95. The number of guanidine groups is 1. The van der Waals surface area contributed by atoms with Crippen molar-refractivity contribution in [2.24, 2.45) is 5.73 Å². The Hall–Kier alpha value is -2.36. The molecule has 0 aromatic heterocycles. The van der Waals surface area contributed by atoms with Gasteiger partial charge in [-0.2, -0.15) is 0 Å². The number of nitrogens with two attached hydrogens (primary N) is 1. The van der Waals surface area contributed by atoms with E-state index in [1.165, 1.54) is 0 Å². The van der Waals surface area contributed by atoms with Gasteiger partial charge >= 0.3 is 5.97 Å². The predicted octanol–water partition coefficient (Wildman–Crippen LogP) is -1.90. The third-order valence-electron chi connectivity index (χ3n) is 2.76. The minimum Gasteiger partial charge on any atom is -0.481 e. The van der Waals surface area contributed by atoms with Gasteiger partial charge in [-0.25, -0.2) is 0 Å². The zero-order valence-electron chi connectivity index (χ0n) is 12.9. The van der Waals surface area contributed by atoms with Gasteiger partial charge in [0.05, 0.1) is 18.9 Å². The molecular weight excluding hydrogens is 306 g/mol. The molecule has 2 amide bonds. The Morgan fingerprint density at radius 2 is 1.70 bits per heavy atom. The first-order chi connectivity index (χ1) is 10.8. The third-order valence-corrected chi connectivity index (χ3v) is 2.76. The lowest BCUT2D eigenvalue weighted by Crippen LogP contribution is -2.36. The number of carbonyl (C=O) groups is 3. The van der Waals surface area contributed by atoms with E-state index in [0.717, 1.165) is 0 Å². The summed E-state index contributed by atoms with van der Waals surface area (Å²) in [6, 6.07) is 0. The van der Waals surface area contributed by atoms with Crippen LogP contribution in [0.1, 0.15) is 32.1 Å². The van der Waals surface area contributed by atoms with E-state index in [1.54, 1.807) is 0 Å². The molecule has 0 aromatic rings. The molecule has 132 valence electrons. The van der Waals surface area contributed by atoms with Crippen LogP contribution in [0, 0.1) is 5.41 Å². The maximum absolute atomic E-state index is 11.5. The molecule has 0 heterocycles. The van der Waals surface area contributed by atoms with E-state index < -0.39 is 18.0 Å². The predicted molar refractivity (Wildman–Crippen MR) is 82.7 cm³/mol. The van der Waals surface area contributed by atoms with Crippen molar-refractivity contribution < 1.29 is 24.6 Å². The average Bonchev–Trinajstić information content (AvgIpc) is 2.44. The lowest BCUT2D eigenvalue weighted by atomic mass is 10.2. The summed E-state index contributed by atoms with van der Waals surface area (Å²) in [6.07, 6.45) is 0.152. The Morgan fingerprint density at radius 1 is 1.00 bits per heavy atom. The van der Waals surface area contributed by atoms with E-state index in [0.29, 0.717) is 19.4 Å². The molecule has 1 atom stereocenters. The maximum atomic E-state index is 11.5. The van der Waals surface area contributed by atoms with Crippen LogP contribution < -0.4 is 21.7 Å². The number of carboxylic acids is 1. The number of carboxylic acid groups (broad SMARTS) is 1. The second-order valence-electron chi connectivity index (χ2n) is 4.95. The summed E-state index contributed by atoms with van der Waals surface area (Å²) in [4.78, 5) is 33.1. The molecule has 10 heteroatoms. The molecule has 0 rings (SSSR count). The van der Waals surface area contributed by atoms with E-state index >= 15 is 0 Å². The zero-order valence-corrected chi connectivity index (χ0v) is 12.9. The Bertz CT molecular complexity index is 416. The van der Waals surface area contributed by atoms with Gasteiger partial charge in [-0.15, -0.1) is 0 Å². The largest absolute Gasteiger partial charge is 0.481 e. The number of aliphatic hydroxyl groups excluding tert-OH is 1. The number of carbonyl (C=O) groups excluding carboxylic acids is 2. The fraction of sp³-hybridized carbons (Fsp3) is 0.692. The molecule has 23 heavy (non-hydrogen) atoms. The molecule has 0 aliphatic rings. The zero-order chi connectivity index (χ0) is 17.7. The topological polar surface area (TPSA) is 178 Å². The molecule has 0 spiro atoms. The molecule has 0 aliphatic carbocycles. The molecule has 0 fully saturated rings. The number of hydrogen-bond donors (Lipinski definition) is 7. The highest BCUT2D eigenvalue weighted by Gasteiger charge is 2.12. The number of hydrogen-bond acceptors (Lipinski definition) is 5. The van der Waals surface area contributed by atoms with Gasteiger partial charge in [0.15, 0.2) is 5.96 Å². The quantitative estimate of drug-likeness (QED) is 0.124. The normalized spacial score (nSPS) is 11.3. The van der Waals surface area contributed by atoms with Gasteiger partial charge in [0.1, 0.15) is 0 Å². The van der Waals surface area contributed by atoms with E-state index in [4.69, 9.17) is 16.2 Å². The molecule has 0 saturated carbocycles. The summed E-state index contributed by atoms with van der Waals surface area (Å²) in [5.41, 5.74) is 5.10. The number of aliphatic carboxylic acids is 1. The monoisotopic (exact) mass is 331 g/mol. The molecule has 8 N–H and O–H groups in total. The van der Waals surface area contributed by atoms with Crippen LogP contribution in [-0.4, -0.2) is 59.7 Å². The summed E-state index contributed by atoms with van der Waals surface area (Å²) in [5, 5.41) is 32.5. The Kier molecular flexibility index (Phi) is 11.0. The number of rotatable bonds is 12. The van der Waals surface area contributed by atoms with Crippen molar-refractivity contribution in [1.29, 1.82) is 5.41 Å².